The van der Waals surface area contributed by atoms with E-state index in [1.807, 2.05) is 0 Å². The van der Waals surface area contributed by atoms with Crippen molar-refractivity contribution in [2.45, 2.75) is 51.0 Å². The molecule has 0 radical (unpaired) electrons. The molecule has 3 aliphatic rings. The molecule has 3 heteroatoms. The van der Waals surface area contributed by atoms with Crippen molar-refractivity contribution < 1.29 is 0 Å². The van der Waals surface area contributed by atoms with Gasteiger partial charge in [0.1, 0.15) is 0 Å². The first-order valence-electron chi connectivity index (χ1n) is 6.83. The fourth-order valence-corrected chi connectivity index (χ4v) is 3.51. The topological polar surface area (TPSA) is 15.3 Å². The van der Waals surface area contributed by atoms with Gasteiger partial charge in [0, 0.05) is 12.6 Å². The molecule has 2 saturated heterocycles. The van der Waals surface area contributed by atoms with E-state index in [0.29, 0.717) is 0 Å². The lowest BCUT2D eigenvalue weighted by Gasteiger charge is -2.38. The van der Waals surface area contributed by atoms with Crippen molar-refractivity contribution in [1.29, 1.82) is 0 Å². The van der Waals surface area contributed by atoms with E-state index in [4.69, 9.17) is 0 Å². The molecule has 3 fully saturated rings. The normalized spacial score (nSPS) is 34.1. The molecule has 2 nitrogen and oxygen atoms in total. The maximum absolute atomic E-state index is 3.53. The molecule has 1 spiro atoms. The number of likely N-dealkylation sites (tertiary alicyclic amines) is 1. The van der Waals surface area contributed by atoms with Crippen LogP contribution in [0.4, 0.5) is 0 Å². The Labute approximate surface area is 106 Å². The van der Waals surface area contributed by atoms with Gasteiger partial charge in [-0.05, 0) is 70.0 Å². The monoisotopic (exact) mass is 244 g/mol. The lowest BCUT2D eigenvalue weighted by atomic mass is 9.92. The first-order valence-corrected chi connectivity index (χ1v) is 6.83. The molecule has 1 atom stereocenters. The minimum atomic E-state index is 0. The molecule has 0 aromatic heterocycles. The van der Waals surface area contributed by atoms with Crippen molar-refractivity contribution >= 4 is 12.4 Å². The third-order valence-electron chi connectivity index (χ3n) is 4.71. The highest BCUT2D eigenvalue weighted by Gasteiger charge is 2.46. The lowest BCUT2D eigenvalue weighted by molar-refractivity contribution is 0.104. The van der Waals surface area contributed by atoms with Crippen LogP contribution in [-0.4, -0.2) is 37.1 Å². The van der Waals surface area contributed by atoms with E-state index < -0.39 is 0 Å². The van der Waals surface area contributed by atoms with Crippen LogP contribution in [-0.2, 0) is 0 Å². The van der Waals surface area contributed by atoms with Gasteiger partial charge in [-0.2, -0.15) is 0 Å². The van der Waals surface area contributed by atoms with Crippen LogP contribution in [0.2, 0.25) is 0 Å². The summed E-state index contributed by atoms with van der Waals surface area (Å²) < 4.78 is 0. The summed E-state index contributed by atoms with van der Waals surface area (Å²) in [6.07, 6.45) is 10.2. The molecule has 1 saturated carbocycles. The molecule has 1 aliphatic carbocycles. The molecular formula is C13H25ClN2. The van der Waals surface area contributed by atoms with Crippen LogP contribution in [0, 0.1) is 5.41 Å². The van der Waals surface area contributed by atoms with Crippen LogP contribution >= 0.6 is 12.4 Å². The third kappa shape index (κ3) is 2.72. The Bertz CT molecular complexity index is 220. The fraction of sp³-hybridized carbons (Fsp3) is 1.00. The Morgan fingerprint density at radius 2 is 1.88 bits per heavy atom. The Morgan fingerprint density at radius 3 is 2.69 bits per heavy atom. The van der Waals surface area contributed by atoms with E-state index in [9.17, 15) is 0 Å². The molecule has 0 bridgehead atoms. The van der Waals surface area contributed by atoms with Crippen LogP contribution in [0.5, 0.6) is 0 Å². The molecule has 16 heavy (non-hydrogen) atoms. The molecule has 1 N–H and O–H groups in total. The summed E-state index contributed by atoms with van der Waals surface area (Å²) in [5.74, 6) is 0. The van der Waals surface area contributed by atoms with Crippen molar-refractivity contribution in [1.82, 2.24) is 10.2 Å². The Morgan fingerprint density at radius 1 is 1.00 bits per heavy atom. The van der Waals surface area contributed by atoms with E-state index >= 15 is 0 Å². The number of piperidine rings is 1. The Balaban J connectivity index is 0.000000963. The van der Waals surface area contributed by atoms with Crippen LogP contribution in [0.25, 0.3) is 0 Å². The summed E-state index contributed by atoms with van der Waals surface area (Å²) >= 11 is 0. The summed E-state index contributed by atoms with van der Waals surface area (Å²) in [6.45, 7) is 5.30. The quantitative estimate of drug-likeness (QED) is 0.762. The summed E-state index contributed by atoms with van der Waals surface area (Å²) in [6, 6.07) is 0.901. The lowest BCUT2D eigenvalue weighted by Crippen LogP contribution is -2.43. The highest BCUT2D eigenvalue weighted by Crippen LogP contribution is 2.52. The summed E-state index contributed by atoms with van der Waals surface area (Å²) in [7, 11) is 0. The van der Waals surface area contributed by atoms with Gasteiger partial charge in [-0.3, -0.25) is 4.90 Å². The van der Waals surface area contributed by atoms with Gasteiger partial charge in [-0.25, -0.2) is 0 Å². The van der Waals surface area contributed by atoms with Gasteiger partial charge in [0.05, 0.1) is 0 Å². The second-order valence-electron chi connectivity index (χ2n) is 5.91. The zero-order valence-electron chi connectivity index (χ0n) is 10.2. The number of nitrogens with zero attached hydrogens (tertiary/aromatic N) is 1. The number of hydrogen-bond donors (Lipinski definition) is 1. The van der Waals surface area contributed by atoms with E-state index in [1.165, 1.54) is 71.1 Å². The maximum Gasteiger partial charge on any atom is 0.0108 e. The van der Waals surface area contributed by atoms with Gasteiger partial charge in [0.25, 0.3) is 0 Å². The first kappa shape index (κ1) is 12.7. The molecule has 0 unspecified atom stereocenters. The van der Waals surface area contributed by atoms with E-state index in [-0.39, 0.29) is 12.4 Å². The predicted octanol–water partition coefficient (Wildman–Crippen LogP) is 2.43. The largest absolute Gasteiger partial charge is 0.317 e. The van der Waals surface area contributed by atoms with Crippen LogP contribution < -0.4 is 5.32 Å². The molecule has 0 amide bonds. The Kier molecular flexibility index (Phi) is 4.15. The average molecular weight is 245 g/mol. The first-order chi connectivity index (χ1) is 7.38. The van der Waals surface area contributed by atoms with Crippen molar-refractivity contribution in [3.8, 4) is 0 Å². The second kappa shape index (κ2) is 5.24. The molecule has 0 aromatic carbocycles. The van der Waals surface area contributed by atoms with Crippen molar-refractivity contribution in [3.63, 3.8) is 0 Å². The van der Waals surface area contributed by atoms with Gasteiger partial charge < -0.3 is 5.32 Å². The van der Waals surface area contributed by atoms with E-state index in [1.54, 1.807) is 0 Å². The molecule has 3 rings (SSSR count). The second-order valence-corrected chi connectivity index (χ2v) is 5.91. The minimum absolute atomic E-state index is 0. The van der Waals surface area contributed by atoms with E-state index in [0.717, 1.165) is 11.5 Å². The standard InChI is InChI=1S/C13H24N2.ClH/c1-3-12(4-9-14-8-1)15-10-2-5-13(11-15)6-7-13;/h12,14H,1-11H2;1H/t12-;/m1./s1. The zero-order chi connectivity index (χ0) is 10.1. The number of hydrogen-bond acceptors (Lipinski definition) is 2. The highest BCUT2D eigenvalue weighted by atomic mass is 35.5. The number of rotatable bonds is 1. The molecule has 2 aliphatic heterocycles. The van der Waals surface area contributed by atoms with Gasteiger partial charge in [-0.15, -0.1) is 12.4 Å². The van der Waals surface area contributed by atoms with Crippen molar-refractivity contribution in [3.05, 3.63) is 0 Å². The van der Waals surface area contributed by atoms with Gasteiger partial charge in [0.2, 0.25) is 0 Å². The predicted molar refractivity (Wildman–Crippen MR) is 70.2 cm³/mol. The van der Waals surface area contributed by atoms with Crippen molar-refractivity contribution in [2.24, 2.45) is 5.41 Å². The fourth-order valence-electron chi connectivity index (χ4n) is 3.51. The van der Waals surface area contributed by atoms with Gasteiger partial charge >= 0.3 is 0 Å². The molecule has 94 valence electrons. The Hall–Kier alpha value is 0.210. The maximum atomic E-state index is 3.53. The smallest absolute Gasteiger partial charge is 0.0108 e. The van der Waals surface area contributed by atoms with Gasteiger partial charge in [0.15, 0.2) is 0 Å². The van der Waals surface area contributed by atoms with Gasteiger partial charge in [-0.1, -0.05) is 0 Å². The molecule has 0 aromatic rings. The van der Waals surface area contributed by atoms with Crippen molar-refractivity contribution in [2.75, 3.05) is 26.2 Å². The summed E-state index contributed by atoms with van der Waals surface area (Å²) in [5, 5.41) is 3.53. The minimum Gasteiger partial charge on any atom is -0.317 e. The third-order valence-corrected chi connectivity index (χ3v) is 4.71. The van der Waals surface area contributed by atoms with E-state index in [2.05, 4.69) is 10.2 Å². The highest BCUT2D eigenvalue weighted by molar-refractivity contribution is 5.85. The average Bonchev–Trinajstić information content (AvgIpc) is 3.03. The molecule has 2 heterocycles. The summed E-state index contributed by atoms with van der Waals surface area (Å²) in [5.41, 5.74) is 0.804. The van der Waals surface area contributed by atoms with Crippen LogP contribution in [0.3, 0.4) is 0 Å². The SMILES string of the molecule is C1CNCC[C@H](N2CCCC3(CC3)C2)C1.Cl. The van der Waals surface area contributed by atoms with Crippen LogP contribution in [0.1, 0.15) is 44.9 Å². The summed E-state index contributed by atoms with van der Waals surface area (Å²) in [4.78, 5) is 2.82. The number of nitrogens with one attached hydrogen (secondary N) is 1. The zero-order valence-corrected chi connectivity index (χ0v) is 11.0. The molecular weight excluding hydrogens is 220 g/mol. The van der Waals surface area contributed by atoms with Crippen LogP contribution in [0.15, 0.2) is 0 Å². The number of halogens is 1.